The summed E-state index contributed by atoms with van der Waals surface area (Å²) in [5.74, 6) is -1.51. The topological polar surface area (TPSA) is 99.1 Å². The molecule has 0 radical (unpaired) electrons. The molecule has 0 aliphatic heterocycles. The molecule has 0 saturated carbocycles. The van der Waals surface area contributed by atoms with E-state index in [4.69, 9.17) is 14.2 Å². The summed E-state index contributed by atoms with van der Waals surface area (Å²) in [4.78, 5) is 36.8. The summed E-state index contributed by atoms with van der Waals surface area (Å²) in [6.07, 6.45) is 42.6. The first-order chi connectivity index (χ1) is 25.6. The van der Waals surface area contributed by atoms with E-state index < -0.39 is 18.1 Å². The maximum absolute atomic E-state index is 12.7. The number of allylic oxidation sites excluding steroid dienone is 10. The number of carboxylic acid groups (broad SMARTS) is 1. The fourth-order valence-electron chi connectivity index (χ4n) is 5.70. The number of ether oxygens (including phenoxy) is 3. The van der Waals surface area contributed by atoms with E-state index in [-0.39, 0.29) is 36.2 Å². The number of carbonyl (C=O) groups excluding carboxylic acids is 2. The van der Waals surface area contributed by atoms with E-state index >= 15 is 0 Å². The van der Waals surface area contributed by atoms with Crippen LogP contribution in [0, 0.1) is 0 Å². The number of rotatable bonds is 36. The van der Waals surface area contributed by atoms with E-state index in [1.54, 1.807) is 0 Å². The van der Waals surface area contributed by atoms with Crippen molar-refractivity contribution in [2.45, 2.75) is 167 Å². The molecule has 0 saturated heterocycles. The Labute approximate surface area is 324 Å². The highest BCUT2D eigenvalue weighted by atomic mass is 16.6. The van der Waals surface area contributed by atoms with Crippen LogP contribution in [0.1, 0.15) is 155 Å². The number of unbranched alkanes of at least 4 members (excludes halogenated alkanes) is 12. The largest absolute Gasteiger partial charge is 0.477 e. The van der Waals surface area contributed by atoms with E-state index in [2.05, 4.69) is 74.6 Å². The van der Waals surface area contributed by atoms with Crippen LogP contribution >= 0.6 is 0 Å². The Morgan fingerprint density at radius 1 is 0.585 bits per heavy atom. The number of aliphatic carboxylic acids is 1. The normalized spacial score (nSPS) is 13.6. The molecule has 2 unspecified atom stereocenters. The van der Waals surface area contributed by atoms with Crippen molar-refractivity contribution >= 4 is 17.9 Å². The minimum Gasteiger partial charge on any atom is -0.477 e. The zero-order valence-corrected chi connectivity index (χ0v) is 34.4. The van der Waals surface area contributed by atoms with Crippen molar-refractivity contribution in [1.82, 2.24) is 0 Å². The summed E-state index contributed by atoms with van der Waals surface area (Å²) in [6.45, 7) is 4.56. The van der Waals surface area contributed by atoms with Crippen LogP contribution < -0.4 is 0 Å². The first kappa shape index (κ1) is 50.0. The van der Waals surface area contributed by atoms with E-state index in [0.29, 0.717) is 19.3 Å². The molecule has 304 valence electrons. The molecule has 8 heteroatoms. The molecule has 0 aromatic carbocycles. The van der Waals surface area contributed by atoms with E-state index in [1.807, 2.05) is 21.1 Å². The number of carboxylic acids is 1. The van der Waals surface area contributed by atoms with Crippen LogP contribution in [-0.2, 0) is 28.6 Å². The highest BCUT2D eigenvalue weighted by Crippen LogP contribution is 2.13. The summed E-state index contributed by atoms with van der Waals surface area (Å²) in [5, 5.41) is 9.59. The molecule has 0 aromatic rings. The Balaban J connectivity index is 4.39. The molecule has 0 heterocycles. The first-order valence-corrected chi connectivity index (χ1v) is 20.8. The third-order valence-corrected chi connectivity index (χ3v) is 8.93. The van der Waals surface area contributed by atoms with Gasteiger partial charge in [-0.05, 0) is 57.8 Å². The minimum atomic E-state index is -0.882. The molecule has 2 atom stereocenters. The molecular formula is C45H78NO7+. The SMILES string of the molecule is CC/C=C/C/C=C/C/C=C/C/C=C/C/C=C/CCCCCCC(=O)OC(COCCC(C(=O)O)[N+](C)(C)C)COC(=O)CCCCCCCCCCC. The predicted molar refractivity (Wildman–Crippen MR) is 220 cm³/mol. The van der Waals surface area contributed by atoms with Crippen LogP contribution in [0.3, 0.4) is 0 Å². The van der Waals surface area contributed by atoms with Gasteiger partial charge >= 0.3 is 17.9 Å². The highest BCUT2D eigenvalue weighted by Gasteiger charge is 2.31. The molecule has 8 nitrogen and oxygen atoms in total. The molecule has 0 rings (SSSR count). The average Bonchev–Trinajstić information content (AvgIpc) is 3.11. The second-order valence-electron chi connectivity index (χ2n) is 14.9. The molecule has 1 N–H and O–H groups in total. The second kappa shape index (κ2) is 36.0. The van der Waals surface area contributed by atoms with Gasteiger partial charge in [-0.2, -0.15) is 0 Å². The van der Waals surface area contributed by atoms with Gasteiger partial charge in [0.15, 0.2) is 12.1 Å². The molecule has 0 aromatic heterocycles. The second-order valence-corrected chi connectivity index (χ2v) is 14.9. The number of likely N-dealkylation sites (N-methyl/N-ethyl adjacent to an activating group) is 1. The van der Waals surface area contributed by atoms with Gasteiger partial charge in [-0.25, -0.2) is 4.79 Å². The quantitative estimate of drug-likeness (QED) is 0.0295. The van der Waals surface area contributed by atoms with Crippen LogP contribution in [-0.4, -0.2) is 80.6 Å². The zero-order valence-electron chi connectivity index (χ0n) is 34.4. The lowest BCUT2D eigenvalue weighted by molar-refractivity contribution is -0.887. The minimum absolute atomic E-state index is 0.0494. The zero-order chi connectivity index (χ0) is 39.3. The molecule has 0 amide bonds. The lowest BCUT2D eigenvalue weighted by atomic mass is 10.1. The van der Waals surface area contributed by atoms with Gasteiger partial charge in [0, 0.05) is 19.3 Å². The summed E-state index contributed by atoms with van der Waals surface area (Å²) < 4.78 is 17.2. The first-order valence-electron chi connectivity index (χ1n) is 20.8. The smallest absolute Gasteiger partial charge is 0.362 e. The van der Waals surface area contributed by atoms with E-state index in [9.17, 15) is 19.5 Å². The molecular weight excluding hydrogens is 666 g/mol. The lowest BCUT2D eigenvalue weighted by Crippen LogP contribution is -2.50. The summed E-state index contributed by atoms with van der Waals surface area (Å²) in [7, 11) is 5.50. The Hall–Kier alpha value is -2.97. The Morgan fingerprint density at radius 2 is 1.06 bits per heavy atom. The number of carbonyl (C=O) groups is 3. The van der Waals surface area contributed by atoms with Crippen molar-refractivity contribution in [3.05, 3.63) is 60.8 Å². The third kappa shape index (κ3) is 34.5. The molecule has 0 aliphatic carbocycles. The Morgan fingerprint density at radius 3 is 1.57 bits per heavy atom. The molecule has 0 aliphatic rings. The van der Waals surface area contributed by atoms with Crippen LogP contribution in [0.25, 0.3) is 0 Å². The van der Waals surface area contributed by atoms with Crippen molar-refractivity contribution in [2.24, 2.45) is 0 Å². The van der Waals surface area contributed by atoms with Gasteiger partial charge in [0.05, 0.1) is 34.4 Å². The van der Waals surface area contributed by atoms with Gasteiger partial charge in [-0.15, -0.1) is 0 Å². The van der Waals surface area contributed by atoms with Crippen LogP contribution in [0.4, 0.5) is 0 Å². The summed E-state index contributed by atoms with van der Waals surface area (Å²) in [6, 6.07) is -0.619. The standard InChI is InChI=1S/C45H77NO7/c1-6-8-10-12-14-16-17-18-19-20-21-22-23-24-25-26-28-30-32-34-36-44(48)53-41(39-51-38-37-42(45(49)50)46(3,4)5)40-52-43(47)35-33-31-29-27-15-13-11-9-7-2/h8,10,14,16,18-19,21-22,24-25,41-42H,6-7,9,11-13,15,17,20,23,26-40H2,1-5H3/p+1/b10-8+,16-14+,19-18+,22-21+,25-24+. The molecule has 53 heavy (non-hydrogen) atoms. The fourth-order valence-corrected chi connectivity index (χ4v) is 5.70. The number of hydrogen-bond donors (Lipinski definition) is 1. The maximum atomic E-state index is 12.7. The Kier molecular flexibility index (Phi) is 34.0. The van der Waals surface area contributed by atoms with E-state index in [1.165, 1.54) is 38.5 Å². The van der Waals surface area contributed by atoms with Gasteiger partial charge < -0.3 is 23.8 Å². The maximum Gasteiger partial charge on any atom is 0.362 e. The number of nitrogens with zero attached hydrogens (tertiary/aromatic N) is 1. The highest BCUT2D eigenvalue weighted by molar-refractivity contribution is 5.72. The fraction of sp³-hybridized carbons (Fsp3) is 0.711. The average molecular weight is 745 g/mol. The van der Waals surface area contributed by atoms with Gasteiger partial charge in [0.25, 0.3) is 0 Å². The van der Waals surface area contributed by atoms with Gasteiger partial charge in [-0.1, -0.05) is 139 Å². The number of quaternary nitrogens is 1. The predicted octanol–water partition coefficient (Wildman–Crippen LogP) is 11.0. The van der Waals surface area contributed by atoms with Crippen molar-refractivity contribution in [3.8, 4) is 0 Å². The third-order valence-electron chi connectivity index (χ3n) is 8.93. The number of hydrogen-bond acceptors (Lipinski definition) is 6. The van der Waals surface area contributed by atoms with E-state index in [0.717, 1.165) is 83.5 Å². The van der Waals surface area contributed by atoms with Gasteiger partial charge in [0.1, 0.15) is 6.61 Å². The Bertz CT molecular complexity index is 1050. The van der Waals surface area contributed by atoms with Crippen molar-refractivity contribution < 1.29 is 38.2 Å². The monoisotopic (exact) mass is 745 g/mol. The van der Waals surface area contributed by atoms with Gasteiger partial charge in [-0.3, -0.25) is 9.59 Å². The molecule has 0 spiro atoms. The van der Waals surface area contributed by atoms with Crippen LogP contribution in [0.5, 0.6) is 0 Å². The number of esters is 2. The lowest BCUT2D eigenvalue weighted by Gasteiger charge is -2.31. The van der Waals surface area contributed by atoms with Crippen molar-refractivity contribution in [1.29, 1.82) is 0 Å². The summed E-state index contributed by atoms with van der Waals surface area (Å²) in [5.41, 5.74) is 0. The molecule has 0 bridgehead atoms. The van der Waals surface area contributed by atoms with Crippen LogP contribution in [0.15, 0.2) is 60.8 Å². The summed E-state index contributed by atoms with van der Waals surface area (Å²) >= 11 is 0. The van der Waals surface area contributed by atoms with Crippen molar-refractivity contribution in [3.63, 3.8) is 0 Å². The van der Waals surface area contributed by atoms with Gasteiger partial charge in [0.2, 0.25) is 0 Å². The van der Waals surface area contributed by atoms with Crippen LogP contribution in [0.2, 0.25) is 0 Å². The van der Waals surface area contributed by atoms with Crippen molar-refractivity contribution in [2.75, 3.05) is 41.0 Å². The molecule has 0 fully saturated rings.